The van der Waals surface area contributed by atoms with E-state index in [0.29, 0.717) is 23.7 Å². The average molecular weight is 281 g/mol. The van der Waals surface area contributed by atoms with E-state index in [1.54, 1.807) is 13.8 Å². The molecule has 0 saturated carbocycles. The normalized spacial score (nSPS) is 12.4. The van der Waals surface area contributed by atoms with Crippen molar-refractivity contribution in [1.82, 2.24) is 15.5 Å². The van der Waals surface area contributed by atoms with Gasteiger partial charge < -0.3 is 10.4 Å². The number of aromatic nitrogens is 2. The number of hydrogen-bond acceptors (Lipinski definition) is 3. The van der Waals surface area contributed by atoms with Gasteiger partial charge in [-0.3, -0.25) is 14.7 Å². The first kappa shape index (κ1) is 16.2. The first-order valence-corrected chi connectivity index (χ1v) is 6.82. The van der Waals surface area contributed by atoms with Crippen LogP contribution in [0.4, 0.5) is 0 Å². The quantitative estimate of drug-likeness (QED) is 0.711. The summed E-state index contributed by atoms with van der Waals surface area (Å²) in [6.07, 6.45) is 0.845. The summed E-state index contributed by atoms with van der Waals surface area (Å²) in [5.41, 5.74) is 1.92. The van der Waals surface area contributed by atoms with E-state index in [1.807, 2.05) is 13.8 Å². The number of carbonyl (C=O) groups is 2. The van der Waals surface area contributed by atoms with E-state index in [2.05, 4.69) is 15.5 Å². The minimum Gasteiger partial charge on any atom is -0.481 e. The Kier molecular flexibility index (Phi) is 5.73. The van der Waals surface area contributed by atoms with E-state index in [-0.39, 0.29) is 18.2 Å². The molecule has 0 fully saturated rings. The standard InChI is InChI=1S/C14H23N3O3/c1-8(2)5-11(6-12(18)19)7-15-14(20)13-9(3)16-17-10(13)4/h8,11H,5-7H2,1-4H3,(H,15,20)(H,16,17)(H,18,19). The van der Waals surface area contributed by atoms with Crippen molar-refractivity contribution in [3.8, 4) is 0 Å². The van der Waals surface area contributed by atoms with Gasteiger partial charge in [-0.1, -0.05) is 13.8 Å². The molecule has 3 N–H and O–H groups in total. The number of aryl methyl sites for hydroxylation is 2. The minimum absolute atomic E-state index is 0.0519. The number of aromatic amines is 1. The van der Waals surface area contributed by atoms with Gasteiger partial charge in [0, 0.05) is 18.7 Å². The van der Waals surface area contributed by atoms with E-state index < -0.39 is 5.97 Å². The third kappa shape index (κ3) is 4.68. The van der Waals surface area contributed by atoms with Gasteiger partial charge in [-0.2, -0.15) is 5.10 Å². The summed E-state index contributed by atoms with van der Waals surface area (Å²) in [4.78, 5) is 23.0. The summed E-state index contributed by atoms with van der Waals surface area (Å²) in [6.45, 7) is 8.01. The molecule has 1 heterocycles. The van der Waals surface area contributed by atoms with Crippen LogP contribution in [0.2, 0.25) is 0 Å². The molecule has 1 aromatic heterocycles. The zero-order valence-corrected chi connectivity index (χ0v) is 12.5. The zero-order chi connectivity index (χ0) is 15.3. The van der Waals surface area contributed by atoms with E-state index in [0.717, 1.165) is 12.1 Å². The number of amides is 1. The van der Waals surface area contributed by atoms with Crippen molar-refractivity contribution in [3.63, 3.8) is 0 Å². The number of aliphatic carboxylic acids is 1. The lowest BCUT2D eigenvalue weighted by Gasteiger charge is -2.17. The monoisotopic (exact) mass is 281 g/mol. The Labute approximate surface area is 119 Å². The molecule has 6 nitrogen and oxygen atoms in total. The fourth-order valence-corrected chi connectivity index (χ4v) is 2.36. The van der Waals surface area contributed by atoms with Crippen LogP contribution in [0.15, 0.2) is 0 Å². The lowest BCUT2D eigenvalue weighted by molar-refractivity contribution is -0.138. The average Bonchev–Trinajstić information content (AvgIpc) is 2.64. The Morgan fingerprint density at radius 1 is 1.35 bits per heavy atom. The van der Waals surface area contributed by atoms with Crippen molar-refractivity contribution < 1.29 is 14.7 Å². The summed E-state index contributed by atoms with van der Waals surface area (Å²) in [5, 5.41) is 18.5. The Bertz CT molecular complexity index is 461. The molecule has 0 saturated heterocycles. The number of hydrogen-bond donors (Lipinski definition) is 3. The van der Waals surface area contributed by atoms with Crippen molar-refractivity contribution >= 4 is 11.9 Å². The number of H-pyrrole nitrogens is 1. The SMILES string of the molecule is Cc1n[nH]c(C)c1C(=O)NCC(CC(=O)O)CC(C)C. The van der Waals surface area contributed by atoms with Gasteiger partial charge in [-0.05, 0) is 32.1 Å². The van der Waals surface area contributed by atoms with Gasteiger partial charge in [-0.25, -0.2) is 0 Å². The Hall–Kier alpha value is -1.85. The van der Waals surface area contributed by atoms with Gasteiger partial charge in [0.2, 0.25) is 0 Å². The number of nitrogens with zero attached hydrogens (tertiary/aromatic N) is 1. The van der Waals surface area contributed by atoms with Crippen LogP contribution >= 0.6 is 0 Å². The molecule has 0 aliphatic heterocycles. The van der Waals surface area contributed by atoms with E-state index >= 15 is 0 Å². The Morgan fingerprint density at radius 3 is 2.45 bits per heavy atom. The van der Waals surface area contributed by atoms with Crippen LogP contribution in [-0.2, 0) is 4.79 Å². The van der Waals surface area contributed by atoms with E-state index in [9.17, 15) is 9.59 Å². The molecule has 20 heavy (non-hydrogen) atoms. The van der Waals surface area contributed by atoms with Crippen LogP contribution in [0, 0.1) is 25.7 Å². The van der Waals surface area contributed by atoms with Crippen molar-refractivity contribution in [2.24, 2.45) is 11.8 Å². The minimum atomic E-state index is -0.833. The molecule has 1 amide bonds. The lowest BCUT2D eigenvalue weighted by Crippen LogP contribution is -2.31. The van der Waals surface area contributed by atoms with E-state index in [4.69, 9.17) is 5.11 Å². The topological polar surface area (TPSA) is 95.1 Å². The molecule has 1 aromatic rings. The predicted octanol–water partition coefficient (Wildman–Crippen LogP) is 1.89. The fraction of sp³-hybridized carbons (Fsp3) is 0.643. The second-order valence-corrected chi connectivity index (χ2v) is 5.61. The summed E-state index contributed by atoms with van der Waals surface area (Å²) in [7, 11) is 0. The molecule has 0 radical (unpaired) electrons. The largest absolute Gasteiger partial charge is 0.481 e. The second kappa shape index (κ2) is 7.07. The van der Waals surface area contributed by atoms with Crippen LogP contribution in [0.1, 0.15) is 48.4 Å². The number of carboxylic acid groups (broad SMARTS) is 1. The highest BCUT2D eigenvalue weighted by atomic mass is 16.4. The van der Waals surface area contributed by atoms with Gasteiger partial charge in [0.25, 0.3) is 5.91 Å². The number of nitrogens with one attached hydrogen (secondary N) is 2. The zero-order valence-electron chi connectivity index (χ0n) is 12.5. The van der Waals surface area contributed by atoms with Gasteiger partial charge in [-0.15, -0.1) is 0 Å². The van der Waals surface area contributed by atoms with Crippen LogP contribution in [-0.4, -0.2) is 33.7 Å². The predicted molar refractivity (Wildman–Crippen MR) is 75.6 cm³/mol. The fourth-order valence-electron chi connectivity index (χ4n) is 2.36. The molecular weight excluding hydrogens is 258 g/mol. The van der Waals surface area contributed by atoms with Gasteiger partial charge >= 0.3 is 5.97 Å². The molecule has 0 aliphatic rings. The highest BCUT2D eigenvalue weighted by Gasteiger charge is 2.19. The van der Waals surface area contributed by atoms with Crippen molar-refractivity contribution in [3.05, 3.63) is 17.0 Å². The highest BCUT2D eigenvalue weighted by molar-refractivity contribution is 5.96. The summed E-state index contributed by atoms with van der Waals surface area (Å²) in [6, 6.07) is 0. The highest BCUT2D eigenvalue weighted by Crippen LogP contribution is 2.15. The molecule has 1 atom stereocenters. The number of carboxylic acids is 1. The number of rotatable bonds is 7. The van der Waals surface area contributed by atoms with E-state index in [1.165, 1.54) is 0 Å². The smallest absolute Gasteiger partial charge is 0.303 e. The van der Waals surface area contributed by atoms with Crippen molar-refractivity contribution in [2.75, 3.05) is 6.54 Å². The molecule has 0 aromatic carbocycles. The summed E-state index contributed by atoms with van der Waals surface area (Å²) < 4.78 is 0. The number of carbonyl (C=O) groups excluding carboxylic acids is 1. The van der Waals surface area contributed by atoms with Crippen LogP contribution in [0.5, 0.6) is 0 Å². The summed E-state index contributed by atoms with van der Waals surface area (Å²) in [5.74, 6) is -0.689. The van der Waals surface area contributed by atoms with Crippen molar-refractivity contribution in [1.29, 1.82) is 0 Å². The van der Waals surface area contributed by atoms with Crippen LogP contribution < -0.4 is 5.32 Å². The molecule has 1 unspecified atom stereocenters. The Balaban J connectivity index is 2.62. The Morgan fingerprint density at radius 2 is 2.00 bits per heavy atom. The van der Waals surface area contributed by atoms with Gasteiger partial charge in [0.15, 0.2) is 0 Å². The maximum Gasteiger partial charge on any atom is 0.303 e. The van der Waals surface area contributed by atoms with Gasteiger partial charge in [0.1, 0.15) is 0 Å². The first-order valence-electron chi connectivity index (χ1n) is 6.82. The molecule has 112 valence electrons. The molecule has 0 bridgehead atoms. The van der Waals surface area contributed by atoms with Crippen molar-refractivity contribution in [2.45, 2.75) is 40.5 Å². The molecular formula is C14H23N3O3. The third-order valence-corrected chi connectivity index (χ3v) is 3.17. The first-order chi connectivity index (χ1) is 9.31. The summed E-state index contributed by atoms with van der Waals surface area (Å²) >= 11 is 0. The molecule has 6 heteroatoms. The molecule has 0 aliphatic carbocycles. The molecule has 0 spiro atoms. The lowest BCUT2D eigenvalue weighted by atomic mass is 9.94. The van der Waals surface area contributed by atoms with Crippen LogP contribution in [0.3, 0.4) is 0 Å². The molecule has 1 rings (SSSR count). The maximum atomic E-state index is 12.1. The third-order valence-electron chi connectivity index (χ3n) is 3.17. The van der Waals surface area contributed by atoms with Gasteiger partial charge in [0.05, 0.1) is 11.3 Å². The maximum absolute atomic E-state index is 12.1. The van der Waals surface area contributed by atoms with Crippen LogP contribution in [0.25, 0.3) is 0 Å². The second-order valence-electron chi connectivity index (χ2n) is 5.61.